The highest BCUT2D eigenvalue weighted by molar-refractivity contribution is 7.08. The number of hydrogen-bond acceptors (Lipinski definition) is 4. The van der Waals surface area contributed by atoms with Gasteiger partial charge in [0.15, 0.2) is 5.75 Å². The van der Waals surface area contributed by atoms with Gasteiger partial charge >= 0.3 is 0 Å². The first-order valence-corrected chi connectivity index (χ1v) is 6.37. The van der Waals surface area contributed by atoms with Crippen molar-refractivity contribution >= 4 is 28.6 Å². The molecule has 3 nitrogen and oxygen atoms in total. The third-order valence-electron chi connectivity index (χ3n) is 2.30. The summed E-state index contributed by atoms with van der Waals surface area (Å²) in [5, 5.41) is 16.5. The van der Waals surface area contributed by atoms with Crippen molar-refractivity contribution in [3.05, 3.63) is 39.5 Å². The van der Waals surface area contributed by atoms with Crippen molar-refractivity contribution < 1.29 is 9.84 Å². The Balaban J connectivity index is 2.29. The first-order valence-electron chi connectivity index (χ1n) is 5.05. The lowest BCUT2D eigenvalue weighted by atomic mass is 10.3. The minimum atomic E-state index is -0.0265. The van der Waals surface area contributed by atoms with E-state index in [4.69, 9.17) is 21.4 Å². The van der Waals surface area contributed by atoms with E-state index in [2.05, 4.69) is 5.32 Å². The lowest BCUT2D eigenvalue weighted by molar-refractivity contribution is 0.277. The highest BCUT2D eigenvalue weighted by Crippen LogP contribution is 2.34. The Labute approximate surface area is 109 Å². The van der Waals surface area contributed by atoms with Gasteiger partial charge in [-0.15, -0.1) is 11.3 Å². The highest BCUT2D eigenvalue weighted by Gasteiger charge is 2.08. The maximum Gasteiger partial charge on any atom is 0.150 e. The molecular weight excluding hydrogens is 258 g/mol. The average molecular weight is 270 g/mol. The van der Waals surface area contributed by atoms with Gasteiger partial charge in [-0.2, -0.15) is 0 Å². The van der Waals surface area contributed by atoms with Crippen LogP contribution in [0.4, 0.5) is 5.69 Å². The van der Waals surface area contributed by atoms with E-state index >= 15 is 0 Å². The second-order valence-electron chi connectivity index (χ2n) is 3.41. The number of aliphatic hydroxyl groups is 1. The number of nitrogens with one attached hydrogen (secondary N) is 1. The van der Waals surface area contributed by atoms with E-state index in [1.54, 1.807) is 25.2 Å². The molecule has 0 bridgehead atoms. The lowest BCUT2D eigenvalue weighted by Gasteiger charge is -2.11. The topological polar surface area (TPSA) is 41.5 Å². The molecular formula is C12H12ClNO2S. The zero-order valence-corrected chi connectivity index (χ0v) is 10.8. The van der Waals surface area contributed by atoms with Gasteiger partial charge in [-0.25, -0.2) is 0 Å². The van der Waals surface area contributed by atoms with Crippen molar-refractivity contribution in [1.29, 1.82) is 0 Å². The van der Waals surface area contributed by atoms with Crippen LogP contribution in [0.3, 0.4) is 0 Å². The number of aliphatic hydroxyl groups excluding tert-OH is 1. The quantitative estimate of drug-likeness (QED) is 0.889. The Morgan fingerprint density at radius 3 is 2.88 bits per heavy atom. The van der Waals surface area contributed by atoms with Gasteiger partial charge < -0.3 is 15.2 Å². The van der Waals surface area contributed by atoms with Crippen LogP contribution in [0, 0.1) is 0 Å². The zero-order chi connectivity index (χ0) is 12.3. The van der Waals surface area contributed by atoms with Gasteiger partial charge in [0.2, 0.25) is 0 Å². The van der Waals surface area contributed by atoms with Crippen LogP contribution in [-0.2, 0) is 6.61 Å². The number of hydrogen-bond donors (Lipinski definition) is 2. The molecule has 0 unspecified atom stereocenters. The maximum atomic E-state index is 9.15. The summed E-state index contributed by atoms with van der Waals surface area (Å²) in [6.07, 6.45) is 0. The summed E-state index contributed by atoms with van der Waals surface area (Å²) < 4.78 is 5.75. The second-order valence-corrected chi connectivity index (χ2v) is 4.59. The summed E-state index contributed by atoms with van der Waals surface area (Å²) in [4.78, 5) is 0. The Hall–Kier alpha value is -1.23. The SMILES string of the molecule is CNc1cc(Cl)ccc1Oc1cscc1CO. The summed E-state index contributed by atoms with van der Waals surface area (Å²) in [5.41, 5.74) is 1.60. The summed E-state index contributed by atoms with van der Waals surface area (Å²) in [5.74, 6) is 1.36. The van der Waals surface area contributed by atoms with Crippen molar-refractivity contribution in [1.82, 2.24) is 0 Å². The van der Waals surface area contributed by atoms with Crippen LogP contribution < -0.4 is 10.1 Å². The molecule has 5 heteroatoms. The monoisotopic (exact) mass is 269 g/mol. The fraction of sp³-hybridized carbons (Fsp3) is 0.167. The number of ether oxygens (including phenoxy) is 1. The smallest absolute Gasteiger partial charge is 0.150 e. The lowest BCUT2D eigenvalue weighted by Crippen LogP contribution is -1.94. The molecule has 1 aromatic carbocycles. The first kappa shape index (κ1) is 12.2. The maximum absolute atomic E-state index is 9.15. The molecule has 0 fully saturated rings. The molecule has 2 N–H and O–H groups in total. The molecule has 0 amide bonds. The van der Waals surface area contributed by atoms with Gasteiger partial charge in [0, 0.05) is 28.4 Å². The molecule has 1 aromatic heterocycles. The normalized spacial score (nSPS) is 10.3. The molecule has 0 aliphatic heterocycles. The van der Waals surface area contributed by atoms with Gasteiger partial charge in [-0.3, -0.25) is 0 Å². The molecule has 17 heavy (non-hydrogen) atoms. The molecule has 0 aliphatic carbocycles. The van der Waals surface area contributed by atoms with Crippen LogP contribution in [0.2, 0.25) is 5.02 Å². The van der Waals surface area contributed by atoms with Crippen LogP contribution in [0.15, 0.2) is 29.0 Å². The van der Waals surface area contributed by atoms with Gasteiger partial charge in [0.05, 0.1) is 12.3 Å². The molecule has 2 rings (SSSR count). The van der Waals surface area contributed by atoms with Crippen molar-refractivity contribution in [2.75, 3.05) is 12.4 Å². The third kappa shape index (κ3) is 2.72. The van der Waals surface area contributed by atoms with Gasteiger partial charge in [0.25, 0.3) is 0 Å². The standard InChI is InChI=1S/C12H12ClNO2S/c1-14-10-4-9(13)2-3-11(10)16-12-7-17-6-8(12)5-15/h2-4,6-7,14-15H,5H2,1H3. The fourth-order valence-corrected chi connectivity index (χ4v) is 2.34. The number of rotatable bonds is 4. The summed E-state index contributed by atoms with van der Waals surface area (Å²) in [7, 11) is 1.80. The largest absolute Gasteiger partial charge is 0.454 e. The van der Waals surface area contributed by atoms with Crippen molar-refractivity contribution in [2.45, 2.75) is 6.61 Å². The molecule has 0 spiro atoms. The average Bonchev–Trinajstić information content (AvgIpc) is 2.78. The molecule has 0 saturated carbocycles. The predicted molar refractivity (Wildman–Crippen MR) is 71.3 cm³/mol. The Kier molecular flexibility index (Phi) is 3.89. The molecule has 0 atom stereocenters. The molecule has 0 aliphatic rings. The zero-order valence-electron chi connectivity index (χ0n) is 9.24. The summed E-state index contributed by atoms with van der Waals surface area (Å²) >= 11 is 7.40. The summed E-state index contributed by atoms with van der Waals surface area (Å²) in [6.45, 7) is -0.0265. The molecule has 2 aromatic rings. The molecule has 1 heterocycles. The van der Waals surface area contributed by atoms with E-state index in [0.717, 1.165) is 11.3 Å². The van der Waals surface area contributed by atoms with E-state index in [1.165, 1.54) is 11.3 Å². The van der Waals surface area contributed by atoms with Gasteiger partial charge in [0.1, 0.15) is 5.75 Å². The number of halogens is 1. The van der Waals surface area contributed by atoms with E-state index in [1.807, 2.05) is 10.8 Å². The predicted octanol–water partition coefficient (Wildman–Crippen LogP) is 3.73. The Morgan fingerprint density at radius 1 is 1.35 bits per heavy atom. The number of benzene rings is 1. The van der Waals surface area contributed by atoms with Crippen molar-refractivity contribution in [3.8, 4) is 11.5 Å². The third-order valence-corrected chi connectivity index (χ3v) is 3.31. The second kappa shape index (κ2) is 5.40. The van der Waals surface area contributed by atoms with E-state index in [9.17, 15) is 0 Å². The molecule has 0 saturated heterocycles. The van der Waals surface area contributed by atoms with Crippen LogP contribution in [-0.4, -0.2) is 12.2 Å². The highest BCUT2D eigenvalue weighted by atomic mass is 35.5. The molecule has 0 radical (unpaired) electrons. The number of anilines is 1. The van der Waals surface area contributed by atoms with E-state index < -0.39 is 0 Å². The summed E-state index contributed by atoms with van der Waals surface area (Å²) in [6, 6.07) is 5.36. The van der Waals surface area contributed by atoms with E-state index in [-0.39, 0.29) is 6.61 Å². The minimum absolute atomic E-state index is 0.0265. The van der Waals surface area contributed by atoms with Crippen LogP contribution in [0.5, 0.6) is 11.5 Å². The van der Waals surface area contributed by atoms with Crippen LogP contribution >= 0.6 is 22.9 Å². The van der Waals surface area contributed by atoms with Crippen molar-refractivity contribution in [2.24, 2.45) is 0 Å². The Morgan fingerprint density at radius 2 is 2.18 bits per heavy atom. The van der Waals surface area contributed by atoms with Crippen LogP contribution in [0.1, 0.15) is 5.56 Å². The van der Waals surface area contributed by atoms with E-state index in [0.29, 0.717) is 16.5 Å². The number of thiophene rings is 1. The van der Waals surface area contributed by atoms with Crippen LogP contribution in [0.25, 0.3) is 0 Å². The minimum Gasteiger partial charge on any atom is -0.454 e. The fourth-order valence-electron chi connectivity index (χ4n) is 1.42. The molecule has 90 valence electrons. The van der Waals surface area contributed by atoms with Gasteiger partial charge in [-0.1, -0.05) is 11.6 Å². The Bertz CT molecular complexity index is 513. The first-order chi connectivity index (χ1) is 8.24. The van der Waals surface area contributed by atoms with Crippen molar-refractivity contribution in [3.63, 3.8) is 0 Å². The van der Waals surface area contributed by atoms with Gasteiger partial charge in [-0.05, 0) is 18.2 Å².